The van der Waals surface area contributed by atoms with Gasteiger partial charge in [-0.05, 0) is 34.1 Å². The molecule has 1 heterocycles. The zero-order chi connectivity index (χ0) is 19.1. The first kappa shape index (κ1) is 20.5. The van der Waals surface area contributed by atoms with Gasteiger partial charge in [-0.1, -0.05) is 0 Å². The summed E-state index contributed by atoms with van der Waals surface area (Å²) in [5.74, 6) is -4.56. The summed E-state index contributed by atoms with van der Waals surface area (Å²) in [6.07, 6.45) is -10.5. The van der Waals surface area contributed by atoms with Crippen molar-refractivity contribution in [1.29, 1.82) is 0 Å². The molecule has 2 amide bonds. The molecule has 0 radical (unpaired) electrons. The molecule has 0 aliphatic carbocycles. The van der Waals surface area contributed by atoms with Gasteiger partial charge in [0, 0.05) is 11.1 Å². The molecule has 1 rings (SSSR count). The molecule has 2 atom stereocenters. The van der Waals surface area contributed by atoms with Crippen molar-refractivity contribution >= 4 is 11.8 Å². The first-order valence-corrected chi connectivity index (χ1v) is 7.00. The van der Waals surface area contributed by atoms with Crippen LogP contribution in [0.25, 0.3) is 0 Å². The van der Waals surface area contributed by atoms with Gasteiger partial charge >= 0.3 is 24.2 Å². The Labute approximate surface area is 134 Å². The van der Waals surface area contributed by atoms with Gasteiger partial charge in [-0.25, -0.2) is 0 Å². The predicted octanol–water partition coefficient (Wildman–Crippen LogP) is 1.63. The summed E-state index contributed by atoms with van der Waals surface area (Å²) >= 11 is 0. The molecule has 0 spiro atoms. The Morgan fingerprint density at radius 1 is 0.917 bits per heavy atom. The van der Waals surface area contributed by atoms with E-state index in [9.17, 15) is 35.9 Å². The summed E-state index contributed by atoms with van der Waals surface area (Å²) in [6.45, 7) is 6.12. The Balaban J connectivity index is 3.11. The third-order valence-corrected chi connectivity index (χ3v) is 3.69. The number of hydrogen-bond donors (Lipinski definition) is 3. The van der Waals surface area contributed by atoms with E-state index in [1.54, 1.807) is 24.5 Å². The van der Waals surface area contributed by atoms with Gasteiger partial charge in [0.05, 0.1) is 12.1 Å². The van der Waals surface area contributed by atoms with Crippen LogP contribution in [0.4, 0.5) is 26.3 Å². The monoisotopic (exact) mass is 363 g/mol. The van der Waals surface area contributed by atoms with Crippen molar-refractivity contribution in [1.82, 2.24) is 16.0 Å². The number of amides is 2. The number of carbonyl (C=O) groups excluding carboxylic acids is 2. The Kier molecular flexibility index (Phi) is 5.20. The standard InChI is InChI=1S/C13H19F6N3O2/c1-10(2)5-6(20-8(23)12(14,15)16)7(11(3,4)22-10)21-9(24)13(17,18)19/h6-7,22H,5H2,1-4H3,(H,20,23)(H,21,24)/t6-,7-/m0/s1. The SMILES string of the molecule is CC1(C)C[C@H](NC(=O)C(F)(F)F)[C@H](NC(=O)C(F)(F)F)C(C)(C)N1. The molecule has 140 valence electrons. The lowest BCUT2D eigenvalue weighted by atomic mass is 9.75. The molecule has 0 unspecified atom stereocenters. The van der Waals surface area contributed by atoms with Crippen molar-refractivity contribution < 1.29 is 35.9 Å². The van der Waals surface area contributed by atoms with Crippen LogP contribution in [0, 0.1) is 0 Å². The molecule has 0 aromatic carbocycles. The van der Waals surface area contributed by atoms with E-state index in [2.05, 4.69) is 5.32 Å². The van der Waals surface area contributed by atoms with Crippen LogP contribution in [0.5, 0.6) is 0 Å². The molecule has 1 aliphatic rings. The van der Waals surface area contributed by atoms with Gasteiger partial charge in [0.25, 0.3) is 0 Å². The minimum Gasteiger partial charge on any atom is -0.343 e. The Bertz CT molecular complexity index is 513. The van der Waals surface area contributed by atoms with Gasteiger partial charge in [0.15, 0.2) is 0 Å². The van der Waals surface area contributed by atoms with Crippen LogP contribution in [-0.2, 0) is 9.59 Å². The lowest BCUT2D eigenvalue weighted by molar-refractivity contribution is -0.178. The Morgan fingerprint density at radius 2 is 1.33 bits per heavy atom. The van der Waals surface area contributed by atoms with Crippen molar-refractivity contribution in [3.63, 3.8) is 0 Å². The van der Waals surface area contributed by atoms with Gasteiger partial charge in [-0.3, -0.25) is 9.59 Å². The maximum atomic E-state index is 12.5. The summed E-state index contributed by atoms with van der Waals surface area (Å²) in [5, 5.41) is 6.34. The molecule has 0 saturated carbocycles. The van der Waals surface area contributed by atoms with E-state index in [0.29, 0.717) is 0 Å². The molecule has 0 bridgehead atoms. The number of carbonyl (C=O) groups is 2. The van der Waals surface area contributed by atoms with Gasteiger partial charge in [0.1, 0.15) is 0 Å². The van der Waals surface area contributed by atoms with Crippen LogP contribution in [0.2, 0.25) is 0 Å². The minimum atomic E-state index is -5.19. The highest BCUT2D eigenvalue weighted by atomic mass is 19.4. The van der Waals surface area contributed by atoms with Crippen LogP contribution in [-0.4, -0.2) is 47.3 Å². The molecular weight excluding hydrogens is 344 g/mol. The van der Waals surface area contributed by atoms with Crippen LogP contribution >= 0.6 is 0 Å². The fourth-order valence-corrected chi connectivity index (χ4v) is 3.06. The Hall–Kier alpha value is -1.52. The first-order valence-electron chi connectivity index (χ1n) is 7.00. The fraction of sp³-hybridized carbons (Fsp3) is 0.846. The van der Waals surface area contributed by atoms with E-state index in [1.165, 1.54) is 13.8 Å². The highest BCUT2D eigenvalue weighted by Gasteiger charge is 2.51. The quantitative estimate of drug-likeness (QED) is 0.653. The van der Waals surface area contributed by atoms with Crippen LogP contribution < -0.4 is 16.0 Å². The van der Waals surface area contributed by atoms with Crippen molar-refractivity contribution in [3.8, 4) is 0 Å². The second-order valence-corrected chi connectivity index (χ2v) is 6.96. The zero-order valence-corrected chi connectivity index (χ0v) is 13.4. The van der Waals surface area contributed by atoms with E-state index < -0.39 is 47.3 Å². The average molecular weight is 363 g/mol. The van der Waals surface area contributed by atoms with E-state index >= 15 is 0 Å². The number of hydrogen-bond acceptors (Lipinski definition) is 3. The van der Waals surface area contributed by atoms with Crippen LogP contribution in [0.3, 0.4) is 0 Å². The highest BCUT2D eigenvalue weighted by Crippen LogP contribution is 2.31. The first-order chi connectivity index (χ1) is 10.5. The lowest BCUT2D eigenvalue weighted by Crippen LogP contribution is -2.75. The van der Waals surface area contributed by atoms with Crippen LogP contribution in [0.1, 0.15) is 34.1 Å². The number of halogens is 6. The average Bonchev–Trinajstić information content (AvgIpc) is 2.28. The van der Waals surface area contributed by atoms with Gasteiger partial charge < -0.3 is 16.0 Å². The molecule has 1 fully saturated rings. The molecule has 3 N–H and O–H groups in total. The summed E-state index contributed by atoms with van der Waals surface area (Å²) in [7, 11) is 0. The fourth-order valence-electron chi connectivity index (χ4n) is 3.06. The maximum Gasteiger partial charge on any atom is 0.471 e. The Morgan fingerprint density at radius 3 is 1.75 bits per heavy atom. The minimum absolute atomic E-state index is 0.110. The molecule has 11 heteroatoms. The number of alkyl halides is 6. The summed E-state index contributed by atoms with van der Waals surface area (Å²) < 4.78 is 74.9. The smallest absolute Gasteiger partial charge is 0.343 e. The number of nitrogens with one attached hydrogen (secondary N) is 3. The molecule has 1 saturated heterocycles. The third kappa shape index (κ3) is 4.99. The van der Waals surface area contributed by atoms with Crippen molar-refractivity contribution in [2.24, 2.45) is 0 Å². The van der Waals surface area contributed by atoms with Gasteiger partial charge in [0.2, 0.25) is 0 Å². The van der Waals surface area contributed by atoms with Crippen LogP contribution in [0.15, 0.2) is 0 Å². The maximum absolute atomic E-state index is 12.5. The summed E-state index contributed by atoms with van der Waals surface area (Å²) in [6, 6.07) is -2.73. The largest absolute Gasteiger partial charge is 0.471 e. The predicted molar refractivity (Wildman–Crippen MR) is 71.9 cm³/mol. The molecular formula is C13H19F6N3O2. The zero-order valence-electron chi connectivity index (χ0n) is 13.4. The van der Waals surface area contributed by atoms with E-state index in [4.69, 9.17) is 0 Å². The lowest BCUT2D eigenvalue weighted by Gasteiger charge is -2.52. The highest BCUT2D eigenvalue weighted by molar-refractivity contribution is 5.83. The van der Waals surface area contributed by atoms with Crippen molar-refractivity contribution in [3.05, 3.63) is 0 Å². The number of rotatable bonds is 2. The molecule has 24 heavy (non-hydrogen) atoms. The molecule has 1 aliphatic heterocycles. The van der Waals surface area contributed by atoms with Gasteiger partial charge in [-0.2, -0.15) is 26.3 Å². The van der Waals surface area contributed by atoms with E-state index in [0.717, 1.165) is 0 Å². The topological polar surface area (TPSA) is 70.2 Å². The summed E-state index contributed by atoms with van der Waals surface area (Å²) in [5.41, 5.74) is -1.97. The van der Waals surface area contributed by atoms with E-state index in [1.807, 2.05) is 0 Å². The summed E-state index contributed by atoms with van der Waals surface area (Å²) in [4.78, 5) is 22.4. The number of piperidine rings is 1. The second-order valence-electron chi connectivity index (χ2n) is 6.96. The molecule has 5 nitrogen and oxygen atoms in total. The second kappa shape index (κ2) is 6.08. The normalized spacial score (nSPS) is 26.6. The van der Waals surface area contributed by atoms with E-state index in [-0.39, 0.29) is 6.42 Å². The molecule has 0 aromatic rings. The molecule has 0 aromatic heterocycles. The third-order valence-electron chi connectivity index (χ3n) is 3.69. The van der Waals surface area contributed by atoms with Gasteiger partial charge in [-0.15, -0.1) is 0 Å². The van der Waals surface area contributed by atoms with Crippen molar-refractivity contribution in [2.75, 3.05) is 0 Å². The van der Waals surface area contributed by atoms with Crippen molar-refractivity contribution in [2.45, 2.75) is 69.6 Å².